The monoisotopic (exact) mass is 401 g/mol. The van der Waals surface area contributed by atoms with Crippen LogP contribution in [0.2, 0.25) is 0 Å². The highest BCUT2D eigenvalue weighted by atomic mass is 32.3. The van der Waals surface area contributed by atoms with Crippen LogP contribution in [0.4, 0.5) is 0 Å². The Hall–Kier alpha value is -0.850. The normalized spacial score (nSPS) is 20.3. The van der Waals surface area contributed by atoms with Gasteiger partial charge in [0.1, 0.15) is 4.90 Å². The standard InChI is InChI=1S/C20H32O4S2/c1-16-11-13-18(14-12-16)26(22,23)24-25(5,15-19(21)20(2,3)4)17-9-7-6-8-10-17/h11-14,17H,6-10,15H2,1-5H3/p+1. The zero-order valence-electron chi connectivity index (χ0n) is 16.6. The fraction of sp³-hybridized carbons (Fsp3) is 0.650. The number of rotatable bonds is 6. The highest BCUT2D eigenvalue weighted by Crippen LogP contribution is 2.55. The molecule has 1 aliphatic carbocycles. The second kappa shape index (κ2) is 8.03. The molecule has 1 aliphatic rings. The van der Waals surface area contributed by atoms with Crippen molar-refractivity contribution in [2.75, 3.05) is 12.0 Å². The number of hydrogen-bond acceptors (Lipinski definition) is 3. The van der Waals surface area contributed by atoms with E-state index in [4.69, 9.17) is 0 Å². The molecule has 0 radical (unpaired) electrons. The lowest BCUT2D eigenvalue weighted by Gasteiger charge is -2.40. The van der Waals surface area contributed by atoms with Gasteiger partial charge < -0.3 is 0 Å². The first-order valence-electron chi connectivity index (χ1n) is 9.28. The van der Waals surface area contributed by atoms with Gasteiger partial charge in [0.15, 0.2) is 5.78 Å². The maximum absolute atomic E-state index is 13.0. The van der Waals surface area contributed by atoms with Gasteiger partial charge in [-0.2, -0.15) is 0 Å². The van der Waals surface area contributed by atoms with Gasteiger partial charge >= 0.3 is 10.1 Å². The number of carbonyl (C=O) groups is 1. The molecule has 2 rings (SSSR count). The molecule has 0 aromatic heterocycles. The maximum atomic E-state index is 13.0. The average molecular weight is 402 g/mol. The second-order valence-electron chi connectivity index (χ2n) is 8.55. The third-order valence-corrected chi connectivity index (χ3v) is 10.9. The van der Waals surface area contributed by atoms with Crippen LogP contribution in [0.1, 0.15) is 58.4 Å². The maximum Gasteiger partial charge on any atom is 0.421 e. The Morgan fingerprint density at radius 2 is 1.62 bits per heavy atom. The molecule has 0 bridgehead atoms. The van der Waals surface area contributed by atoms with E-state index in [1.807, 2.05) is 34.0 Å². The first kappa shape index (κ1) is 21.5. The highest BCUT2D eigenvalue weighted by Gasteiger charge is 2.44. The van der Waals surface area contributed by atoms with E-state index >= 15 is 0 Å². The van der Waals surface area contributed by atoms with Crippen molar-refractivity contribution in [1.82, 2.24) is 0 Å². The van der Waals surface area contributed by atoms with Gasteiger partial charge in [0.2, 0.25) is 0 Å². The Morgan fingerprint density at radius 3 is 2.12 bits per heavy atom. The molecule has 4 nitrogen and oxygen atoms in total. The summed E-state index contributed by atoms with van der Waals surface area (Å²) in [6.45, 7) is 7.60. The SMILES string of the molecule is Cc1ccc(S(=O)(=O)[OH+]S(C)(CC(=O)C(C)(C)C)C2CCCCC2)cc1. The second-order valence-corrected chi connectivity index (χ2v) is 13.7. The van der Waals surface area contributed by atoms with Gasteiger partial charge in [0.25, 0.3) is 0 Å². The molecule has 1 fully saturated rings. The molecular weight excluding hydrogens is 368 g/mol. The third kappa shape index (κ3) is 5.33. The van der Waals surface area contributed by atoms with Crippen molar-refractivity contribution in [2.24, 2.45) is 5.41 Å². The van der Waals surface area contributed by atoms with Gasteiger partial charge in [0, 0.05) is 11.7 Å². The van der Waals surface area contributed by atoms with E-state index < -0.39 is 25.8 Å². The molecule has 0 spiro atoms. The number of aryl methyl sites for hydroxylation is 1. The Bertz CT molecular complexity index is 726. The van der Waals surface area contributed by atoms with E-state index in [0.717, 1.165) is 31.2 Å². The van der Waals surface area contributed by atoms with Crippen LogP contribution < -0.4 is 0 Å². The van der Waals surface area contributed by atoms with Crippen LogP contribution in [0.3, 0.4) is 0 Å². The molecule has 1 unspecified atom stereocenters. The summed E-state index contributed by atoms with van der Waals surface area (Å²) in [6.07, 6.45) is 7.25. The van der Waals surface area contributed by atoms with E-state index in [2.05, 4.69) is 3.63 Å². The summed E-state index contributed by atoms with van der Waals surface area (Å²) < 4.78 is 30.4. The molecule has 1 aromatic carbocycles. The molecule has 0 amide bonds. The Kier molecular flexibility index (Phi) is 6.62. The predicted octanol–water partition coefficient (Wildman–Crippen LogP) is 5.07. The van der Waals surface area contributed by atoms with E-state index in [0.29, 0.717) is 0 Å². The summed E-state index contributed by atoms with van der Waals surface area (Å²) in [6, 6.07) is 6.80. The van der Waals surface area contributed by atoms with E-state index in [1.165, 1.54) is 6.42 Å². The lowest BCUT2D eigenvalue weighted by atomic mass is 9.92. The van der Waals surface area contributed by atoms with Crippen LogP contribution in [0.25, 0.3) is 0 Å². The first-order chi connectivity index (χ1) is 11.9. The topological polar surface area (TPSA) is 64.0 Å². The van der Waals surface area contributed by atoms with Crippen molar-refractivity contribution in [3.8, 4) is 0 Å². The molecule has 26 heavy (non-hydrogen) atoms. The van der Waals surface area contributed by atoms with Crippen molar-refractivity contribution < 1.29 is 16.8 Å². The molecule has 148 valence electrons. The van der Waals surface area contributed by atoms with Crippen LogP contribution in [-0.4, -0.2) is 35.1 Å². The largest absolute Gasteiger partial charge is 0.421 e. The fourth-order valence-electron chi connectivity index (χ4n) is 3.24. The molecule has 0 saturated heterocycles. The predicted molar refractivity (Wildman–Crippen MR) is 111 cm³/mol. The minimum absolute atomic E-state index is 0.100. The van der Waals surface area contributed by atoms with Crippen LogP contribution >= 0.6 is 10.3 Å². The molecule has 1 saturated carbocycles. The van der Waals surface area contributed by atoms with Crippen molar-refractivity contribution in [2.45, 2.75) is 69.9 Å². The smallest absolute Gasteiger partial charge is 0.298 e. The third-order valence-electron chi connectivity index (χ3n) is 5.12. The average Bonchev–Trinajstić information content (AvgIpc) is 2.54. The summed E-state index contributed by atoms with van der Waals surface area (Å²) >= 11 is 0. The number of carbonyl (C=O) groups excluding carboxylic acids is 1. The zero-order valence-corrected chi connectivity index (χ0v) is 18.3. The van der Waals surface area contributed by atoms with Crippen molar-refractivity contribution in [1.29, 1.82) is 0 Å². The van der Waals surface area contributed by atoms with Gasteiger partial charge in [-0.15, -0.1) is 8.42 Å². The minimum atomic E-state index is -3.77. The summed E-state index contributed by atoms with van der Waals surface area (Å²) in [5.41, 5.74) is 0.528. The van der Waals surface area contributed by atoms with Crippen LogP contribution in [0.15, 0.2) is 29.2 Å². The van der Waals surface area contributed by atoms with Crippen LogP contribution in [0.5, 0.6) is 0 Å². The number of Topliss-reactive ketones (excluding diaryl/α,β-unsaturated/α-hetero) is 1. The van der Waals surface area contributed by atoms with Gasteiger partial charge in [0.05, 0.1) is 11.0 Å². The van der Waals surface area contributed by atoms with Crippen molar-refractivity contribution >= 4 is 26.2 Å². The summed E-state index contributed by atoms with van der Waals surface area (Å²) in [5.74, 6) is 0.357. The van der Waals surface area contributed by atoms with Crippen LogP contribution in [-0.2, 0) is 14.9 Å². The lowest BCUT2D eigenvalue weighted by molar-refractivity contribution is -0.123. The molecular formula is C20H33O4S2+. The van der Waals surface area contributed by atoms with E-state index in [-0.39, 0.29) is 21.7 Å². The number of ketones is 1. The van der Waals surface area contributed by atoms with E-state index in [1.54, 1.807) is 24.3 Å². The highest BCUT2D eigenvalue weighted by molar-refractivity contribution is 8.32. The summed E-state index contributed by atoms with van der Waals surface area (Å²) in [4.78, 5) is 13.0. The van der Waals surface area contributed by atoms with Gasteiger partial charge in [-0.1, -0.05) is 57.7 Å². The summed E-state index contributed by atoms with van der Waals surface area (Å²) in [7, 11) is -5.72. The number of hydrogen-bond donors (Lipinski definition) is 0. The molecule has 6 heteroatoms. The number of benzene rings is 1. The quantitative estimate of drug-likeness (QED) is 0.493. The van der Waals surface area contributed by atoms with E-state index in [9.17, 15) is 13.2 Å². The Morgan fingerprint density at radius 1 is 1.08 bits per heavy atom. The summed E-state index contributed by atoms with van der Waals surface area (Å²) in [5, 5.41) is 0.211. The van der Waals surface area contributed by atoms with Gasteiger partial charge in [-0.3, -0.25) is 8.42 Å². The lowest BCUT2D eigenvalue weighted by Crippen LogP contribution is -2.35. The van der Waals surface area contributed by atoms with Gasteiger partial charge in [-0.05, 0) is 42.2 Å². The van der Waals surface area contributed by atoms with Crippen molar-refractivity contribution in [3.05, 3.63) is 29.8 Å². The molecule has 1 aromatic rings. The van der Waals surface area contributed by atoms with Crippen molar-refractivity contribution in [3.63, 3.8) is 0 Å². The van der Waals surface area contributed by atoms with Gasteiger partial charge in [-0.25, -0.2) is 0 Å². The molecule has 0 heterocycles. The Balaban J connectivity index is 2.33. The Labute approximate surface area is 160 Å². The minimum Gasteiger partial charge on any atom is -0.298 e. The van der Waals surface area contributed by atoms with Crippen LogP contribution in [0, 0.1) is 12.3 Å². The zero-order chi connectivity index (χ0) is 19.6. The first-order valence-corrected chi connectivity index (χ1v) is 13.0. The molecule has 0 aliphatic heterocycles. The molecule has 1 atom stereocenters. The fourth-order valence-corrected chi connectivity index (χ4v) is 9.10. The molecule has 1 N–H and O–H groups in total.